The molecule has 134 valence electrons. The van der Waals surface area contributed by atoms with Crippen LogP contribution in [0.1, 0.15) is 11.4 Å². The number of hydrogen-bond donors (Lipinski definition) is 0. The second-order valence-corrected chi connectivity index (χ2v) is 7.05. The highest BCUT2D eigenvalue weighted by atomic mass is 16.5. The minimum absolute atomic E-state index is 0.0724. The van der Waals surface area contributed by atoms with Crippen molar-refractivity contribution in [3.63, 3.8) is 0 Å². The molecule has 0 saturated heterocycles. The molecule has 5 nitrogen and oxygen atoms in total. The molecule has 1 aliphatic heterocycles. The van der Waals surface area contributed by atoms with Gasteiger partial charge in [-0.1, -0.05) is 36.4 Å². The van der Waals surface area contributed by atoms with Crippen molar-refractivity contribution < 1.29 is 4.74 Å². The first-order valence-corrected chi connectivity index (χ1v) is 9.20. The summed E-state index contributed by atoms with van der Waals surface area (Å²) < 4.78 is 7.78. The van der Waals surface area contributed by atoms with Gasteiger partial charge in [0.05, 0.1) is 28.8 Å². The Kier molecular flexibility index (Phi) is 3.09. The molecule has 0 N–H and O–H groups in total. The number of pyridine rings is 1. The van der Waals surface area contributed by atoms with Gasteiger partial charge >= 0.3 is 0 Å². The predicted octanol–water partition coefficient (Wildman–Crippen LogP) is 4.04. The lowest BCUT2D eigenvalue weighted by atomic mass is 10.1. The Morgan fingerprint density at radius 2 is 1.50 bits per heavy atom. The monoisotopic (exact) mass is 365 g/mol. The summed E-state index contributed by atoms with van der Waals surface area (Å²) in [4.78, 5) is 22.3. The Labute approximate surface area is 159 Å². The van der Waals surface area contributed by atoms with E-state index in [4.69, 9.17) is 14.7 Å². The van der Waals surface area contributed by atoms with Crippen LogP contribution in [0.25, 0.3) is 32.7 Å². The second-order valence-electron chi connectivity index (χ2n) is 7.05. The van der Waals surface area contributed by atoms with E-state index in [1.54, 1.807) is 10.6 Å². The fourth-order valence-corrected chi connectivity index (χ4v) is 3.95. The van der Waals surface area contributed by atoms with Crippen molar-refractivity contribution >= 4 is 32.7 Å². The Balaban J connectivity index is 1.63. The molecule has 6 rings (SSSR count). The van der Waals surface area contributed by atoms with Gasteiger partial charge in [-0.15, -0.1) is 0 Å². The van der Waals surface area contributed by atoms with Gasteiger partial charge in [0, 0.05) is 11.5 Å². The van der Waals surface area contributed by atoms with Gasteiger partial charge in [-0.25, -0.2) is 9.97 Å². The van der Waals surface area contributed by atoms with Crippen LogP contribution in [0.15, 0.2) is 71.5 Å². The molecule has 1 aliphatic rings. The first kappa shape index (κ1) is 15.3. The van der Waals surface area contributed by atoms with E-state index in [0.29, 0.717) is 18.9 Å². The van der Waals surface area contributed by atoms with Gasteiger partial charge in [-0.3, -0.25) is 9.36 Å². The van der Waals surface area contributed by atoms with Crippen molar-refractivity contribution in [1.82, 2.24) is 14.5 Å². The van der Waals surface area contributed by atoms with Gasteiger partial charge in [0.2, 0.25) is 0 Å². The van der Waals surface area contributed by atoms with Gasteiger partial charge in [0.25, 0.3) is 5.56 Å². The predicted molar refractivity (Wildman–Crippen MR) is 109 cm³/mol. The van der Waals surface area contributed by atoms with Crippen LogP contribution in [0.2, 0.25) is 0 Å². The number of para-hydroxylation sites is 1. The zero-order valence-electron chi connectivity index (χ0n) is 14.9. The van der Waals surface area contributed by atoms with E-state index in [2.05, 4.69) is 24.3 Å². The van der Waals surface area contributed by atoms with Crippen molar-refractivity contribution in [2.75, 3.05) is 0 Å². The van der Waals surface area contributed by atoms with Gasteiger partial charge in [0.1, 0.15) is 18.1 Å². The third kappa shape index (κ3) is 2.23. The minimum atomic E-state index is -0.0724. The topological polar surface area (TPSA) is 57.0 Å². The number of benzene rings is 3. The molecule has 0 saturated carbocycles. The van der Waals surface area contributed by atoms with Crippen LogP contribution >= 0.6 is 0 Å². The van der Waals surface area contributed by atoms with Gasteiger partial charge in [0.15, 0.2) is 0 Å². The first-order chi connectivity index (χ1) is 13.8. The molecule has 0 amide bonds. The van der Waals surface area contributed by atoms with Crippen LogP contribution in [-0.4, -0.2) is 14.5 Å². The molecular formula is C23H15N3O2. The van der Waals surface area contributed by atoms with Crippen LogP contribution in [0, 0.1) is 0 Å². The molecule has 3 heterocycles. The van der Waals surface area contributed by atoms with Crippen LogP contribution in [0.3, 0.4) is 0 Å². The Bertz CT molecular complexity index is 1470. The highest BCUT2D eigenvalue weighted by Gasteiger charge is 2.18. The number of fused-ring (bicyclic) bond motifs is 3. The summed E-state index contributed by atoms with van der Waals surface area (Å²) in [5, 5.41) is 3.22. The lowest BCUT2D eigenvalue weighted by Gasteiger charge is -2.19. The van der Waals surface area contributed by atoms with Gasteiger partial charge in [-0.2, -0.15) is 0 Å². The molecule has 5 aromatic rings. The van der Waals surface area contributed by atoms with Gasteiger partial charge in [-0.05, 0) is 35.0 Å². The summed E-state index contributed by atoms with van der Waals surface area (Å²) in [7, 11) is 0. The quantitative estimate of drug-likeness (QED) is 0.389. The second kappa shape index (κ2) is 5.63. The lowest BCUT2D eigenvalue weighted by Crippen LogP contribution is -2.24. The van der Waals surface area contributed by atoms with Gasteiger partial charge < -0.3 is 4.74 Å². The van der Waals surface area contributed by atoms with E-state index >= 15 is 0 Å². The molecule has 0 radical (unpaired) electrons. The Morgan fingerprint density at radius 1 is 0.786 bits per heavy atom. The van der Waals surface area contributed by atoms with Crippen molar-refractivity contribution in [1.29, 1.82) is 0 Å². The molecule has 0 fully saturated rings. The van der Waals surface area contributed by atoms with Crippen LogP contribution in [0.5, 0.6) is 5.75 Å². The van der Waals surface area contributed by atoms with E-state index in [1.807, 2.05) is 36.4 Å². The fourth-order valence-electron chi connectivity index (χ4n) is 3.95. The molecule has 0 unspecified atom stereocenters. The van der Waals surface area contributed by atoms with Crippen molar-refractivity contribution in [2.45, 2.75) is 13.2 Å². The van der Waals surface area contributed by atoms with E-state index in [0.717, 1.165) is 44.1 Å². The highest BCUT2D eigenvalue weighted by Crippen LogP contribution is 2.29. The zero-order chi connectivity index (χ0) is 18.7. The molecular weight excluding hydrogens is 350 g/mol. The summed E-state index contributed by atoms with van der Waals surface area (Å²) in [6, 6.07) is 21.5. The SMILES string of the molecule is O=c1ccc2cccc3c2n1Cc1nc2cc4ccccc4cc2nc1CO3. The first-order valence-electron chi connectivity index (χ1n) is 9.20. The average molecular weight is 365 g/mol. The number of aromatic nitrogens is 3. The molecule has 0 aliphatic carbocycles. The van der Waals surface area contributed by atoms with Crippen LogP contribution < -0.4 is 10.3 Å². The Morgan fingerprint density at radius 3 is 2.29 bits per heavy atom. The smallest absolute Gasteiger partial charge is 0.251 e. The summed E-state index contributed by atoms with van der Waals surface area (Å²) in [5.74, 6) is 0.696. The van der Waals surface area contributed by atoms with E-state index < -0.39 is 0 Å². The molecule has 3 aromatic carbocycles. The molecule has 28 heavy (non-hydrogen) atoms. The largest absolute Gasteiger partial charge is 0.485 e. The van der Waals surface area contributed by atoms with Crippen LogP contribution in [0.4, 0.5) is 0 Å². The standard InChI is InChI=1S/C23H15N3O2/c27-22-9-8-14-6-3-7-21-23(14)26(22)12-19-20(13-28-21)25-18-11-16-5-2-1-4-15(16)10-17(18)24-19/h1-11H,12-13H2. The van der Waals surface area contributed by atoms with Crippen molar-refractivity contribution in [3.8, 4) is 5.75 Å². The fraction of sp³-hybridized carbons (Fsp3) is 0.0870. The number of hydrogen-bond acceptors (Lipinski definition) is 4. The summed E-state index contributed by atoms with van der Waals surface area (Å²) in [6.45, 7) is 0.703. The third-order valence-corrected chi connectivity index (χ3v) is 5.33. The maximum Gasteiger partial charge on any atom is 0.251 e. The highest BCUT2D eigenvalue weighted by molar-refractivity contribution is 5.95. The van der Waals surface area contributed by atoms with Crippen molar-refractivity contribution in [3.05, 3.63) is 88.5 Å². The Hall–Kier alpha value is -3.73. The molecule has 0 atom stereocenters. The lowest BCUT2D eigenvalue weighted by molar-refractivity contribution is 0.298. The maximum absolute atomic E-state index is 12.6. The molecule has 0 spiro atoms. The van der Waals surface area contributed by atoms with E-state index in [-0.39, 0.29) is 5.56 Å². The summed E-state index contributed by atoms with van der Waals surface area (Å²) >= 11 is 0. The summed E-state index contributed by atoms with van der Waals surface area (Å²) in [6.07, 6.45) is 0. The van der Waals surface area contributed by atoms with Crippen molar-refractivity contribution in [2.24, 2.45) is 0 Å². The number of nitrogens with zero attached hydrogens (tertiary/aromatic N) is 3. The van der Waals surface area contributed by atoms with E-state index in [1.165, 1.54) is 0 Å². The maximum atomic E-state index is 12.6. The number of rotatable bonds is 0. The normalized spacial score (nSPS) is 13.1. The zero-order valence-corrected chi connectivity index (χ0v) is 14.9. The number of ether oxygens (including phenoxy) is 1. The van der Waals surface area contributed by atoms with Crippen LogP contribution in [-0.2, 0) is 13.2 Å². The minimum Gasteiger partial charge on any atom is -0.485 e. The third-order valence-electron chi connectivity index (χ3n) is 5.33. The average Bonchev–Trinajstić information content (AvgIpc) is 2.71. The summed E-state index contributed by atoms with van der Waals surface area (Å²) in [5.41, 5.74) is 3.93. The molecule has 5 heteroatoms. The molecule has 2 aromatic heterocycles. The molecule has 0 bridgehead atoms. The van der Waals surface area contributed by atoms with E-state index in [9.17, 15) is 4.79 Å².